The molecule has 0 aliphatic heterocycles. The van der Waals surface area contributed by atoms with Crippen LogP contribution in [0.3, 0.4) is 0 Å². The zero-order valence-corrected chi connectivity index (χ0v) is 21.3. The molecule has 1 heterocycles. The Morgan fingerprint density at radius 2 is 1.70 bits per heavy atom. The van der Waals surface area contributed by atoms with Gasteiger partial charge in [-0.15, -0.1) is 0 Å². The monoisotopic (exact) mass is 525 g/mol. The van der Waals surface area contributed by atoms with Crippen molar-refractivity contribution in [2.45, 2.75) is 76.7 Å². The normalized spacial score (nSPS) is 15.1. The number of carboxylic acids is 1. The Balaban J connectivity index is 2.95. The van der Waals surface area contributed by atoms with E-state index in [1.807, 2.05) is 13.8 Å². The predicted octanol–water partition coefficient (Wildman–Crippen LogP) is -2.70. The van der Waals surface area contributed by atoms with E-state index in [9.17, 15) is 29.4 Å². The summed E-state index contributed by atoms with van der Waals surface area (Å²) in [5.74, 6) is -3.61. The number of guanidine groups is 1. The third-order valence-corrected chi connectivity index (χ3v) is 5.30. The number of aliphatic hydroxyl groups is 1. The highest BCUT2D eigenvalue weighted by atomic mass is 16.4. The number of H-pyrrole nitrogens is 1. The summed E-state index contributed by atoms with van der Waals surface area (Å²) in [5, 5.41) is 27.0. The molecule has 15 heteroatoms. The van der Waals surface area contributed by atoms with Crippen molar-refractivity contribution < 1.29 is 29.4 Å². The largest absolute Gasteiger partial charge is 0.480 e. The molecule has 12 N–H and O–H groups in total. The van der Waals surface area contributed by atoms with Gasteiger partial charge < -0.3 is 48.3 Å². The van der Waals surface area contributed by atoms with Gasteiger partial charge in [-0.3, -0.25) is 19.4 Å². The zero-order chi connectivity index (χ0) is 28.1. The molecule has 0 saturated carbocycles. The molecular formula is C22H39N9O6. The van der Waals surface area contributed by atoms with Gasteiger partial charge in [-0.1, -0.05) is 13.8 Å². The van der Waals surface area contributed by atoms with Gasteiger partial charge in [0, 0.05) is 24.9 Å². The molecule has 37 heavy (non-hydrogen) atoms. The van der Waals surface area contributed by atoms with Crippen molar-refractivity contribution in [2.75, 3.05) is 6.54 Å². The number of nitrogens with two attached hydrogens (primary N) is 3. The van der Waals surface area contributed by atoms with Crippen molar-refractivity contribution in [2.24, 2.45) is 28.1 Å². The van der Waals surface area contributed by atoms with Crippen LogP contribution in [0.1, 0.15) is 45.7 Å². The lowest BCUT2D eigenvalue weighted by Crippen LogP contribution is -2.60. The summed E-state index contributed by atoms with van der Waals surface area (Å²) >= 11 is 0. The van der Waals surface area contributed by atoms with Gasteiger partial charge in [0.1, 0.15) is 18.1 Å². The lowest BCUT2D eigenvalue weighted by atomic mass is 10.0. The molecule has 0 aromatic carbocycles. The number of carbonyl (C=O) groups is 4. The van der Waals surface area contributed by atoms with Crippen molar-refractivity contribution in [3.8, 4) is 0 Å². The molecule has 1 rings (SSSR count). The number of aliphatic imine (C=N–C) groups is 1. The minimum absolute atomic E-state index is 0.0134. The van der Waals surface area contributed by atoms with Gasteiger partial charge in [-0.2, -0.15) is 0 Å². The Kier molecular flexibility index (Phi) is 13.0. The highest BCUT2D eigenvalue weighted by Crippen LogP contribution is 2.07. The number of amides is 3. The molecule has 3 amide bonds. The van der Waals surface area contributed by atoms with Crippen LogP contribution in [0.15, 0.2) is 17.5 Å². The van der Waals surface area contributed by atoms with E-state index in [0.717, 1.165) is 0 Å². The summed E-state index contributed by atoms with van der Waals surface area (Å²) in [6, 6.07) is -4.83. The van der Waals surface area contributed by atoms with E-state index < -0.39 is 54.0 Å². The lowest BCUT2D eigenvalue weighted by Gasteiger charge is -2.26. The van der Waals surface area contributed by atoms with Crippen molar-refractivity contribution in [3.63, 3.8) is 0 Å². The first-order valence-electron chi connectivity index (χ1n) is 11.9. The van der Waals surface area contributed by atoms with Gasteiger partial charge in [0.2, 0.25) is 17.7 Å². The van der Waals surface area contributed by atoms with Gasteiger partial charge in [0.15, 0.2) is 5.96 Å². The maximum absolute atomic E-state index is 13.0. The Labute approximate surface area is 215 Å². The first-order chi connectivity index (χ1) is 17.3. The van der Waals surface area contributed by atoms with Crippen molar-refractivity contribution >= 4 is 29.7 Å². The Morgan fingerprint density at radius 1 is 1.05 bits per heavy atom. The van der Waals surface area contributed by atoms with Crippen molar-refractivity contribution in [1.82, 2.24) is 25.9 Å². The molecule has 208 valence electrons. The maximum Gasteiger partial charge on any atom is 0.326 e. The first-order valence-corrected chi connectivity index (χ1v) is 11.9. The second-order valence-corrected chi connectivity index (χ2v) is 9.15. The fraction of sp³-hybridized carbons (Fsp3) is 0.636. The van der Waals surface area contributed by atoms with Crippen LogP contribution in [-0.2, 0) is 25.6 Å². The molecule has 0 bridgehead atoms. The highest BCUT2D eigenvalue weighted by Gasteiger charge is 2.32. The van der Waals surface area contributed by atoms with E-state index >= 15 is 0 Å². The van der Waals surface area contributed by atoms with Crippen LogP contribution in [0.2, 0.25) is 0 Å². The fourth-order valence-corrected chi connectivity index (χ4v) is 3.37. The molecule has 1 aromatic heterocycles. The molecule has 0 aliphatic carbocycles. The van der Waals surface area contributed by atoms with E-state index in [1.54, 1.807) is 0 Å². The summed E-state index contributed by atoms with van der Waals surface area (Å²) in [4.78, 5) is 60.6. The number of carboxylic acid groups (broad SMARTS) is 1. The zero-order valence-electron chi connectivity index (χ0n) is 21.3. The van der Waals surface area contributed by atoms with Gasteiger partial charge in [-0.05, 0) is 32.1 Å². The van der Waals surface area contributed by atoms with Crippen molar-refractivity contribution in [1.29, 1.82) is 0 Å². The van der Waals surface area contributed by atoms with E-state index in [4.69, 9.17) is 17.2 Å². The Morgan fingerprint density at radius 3 is 2.22 bits per heavy atom. The average molecular weight is 526 g/mol. The molecule has 1 aromatic rings. The quantitative estimate of drug-likeness (QED) is 0.0612. The molecule has 0 fully saturated rings. The third-order valence-electron chi connectivity index (χ3n) is 5.30. The Bertz CT molecular complexity index is 916. The second kappa shape index (κ2) is 15.4. The van der Waals surface area contributed by atoms with Crippen LogP contribution in [0.25, 0.3) is 0 Å². The number of hydrogen-bond donors (Lipinski definition) is 9. The van der Waals surface area contributed by atoms with Crippen LogP contribution >= 0.6 is 0 Å². The Hall–Kier alpha value is -3.72. The predicted molar refractivity (Wildman–Crippen MR) is 135 cm³/mol. The van der Waals surface area contributed by atoms with Gasteiger partial charge in [-0.25, -0.2) is 9.78 Å². The third kappa shape index (κ3) is 11.7. The molecule has 15 nitrogen and oxygen atoms in total. The van der Waals surface area contributed by atoms with Crippen LogP contribution in [0.5, 0.6) is 0 Å². The number of aliphatic hydroxyl groups excluding tert-OH is 1. The number of aliphatic carboxylic acids is 1. The van der Waals surface area contributed by atoms with Crippen molar-refractivity contribution in [3.05, 3.63) is 18.2 Å². The SMILES string of the molecule is CC(C)CC(NC(=O)C(Cc1cnc[nH]1)NC(=O)C(NC(=O)C(N)CCCN=C(N)N)C(C)O)C(=O)O. The minimum Gasteiger partial charge on any atom is -0.480 e. The highest BCUT2D eigenvalue weighted by molar-refractivity contribution is 5.94. The number of carbonyl (C=O) groups excluding carboxylic acids is 3. The van der Waals surface area contributed by atoms with Gasteiger partial charge >= 0.3 is 5.97 Å². The van der Waals surface area contributed by atoms with E-state index in [0.29, 0.717) is 12.1 Å². The number of hydrogen-bond acceptors (Lipinski definition) is 8. The molecule has 0 radical (unpaired) electrons. The van der Waals surface area contributed by atoms with Gasteiger partial charge in [0.25, 0.3) is 0 Å². The van der Waals surface area contributed by atoms with E-state index in [2.05, 4.69) is 30.9 Å². The topological polar surface area (TPSA) is 264 Å². The molecular weight excluding hydrogens is 486 g/mol. The number of aromatic nitrogens is 2. The molecule has 0 spiro atoms. The minimum atomic E-state index is -1.43. The standard InChI is InChI=1S/C22H39N9O6/c1-11(2)7-16(21(36)37)30-19(34)15(8-13-9-26-10-28-13)29-20(35)17(12(3)32)31-18(33)14(23)5-4-6-27-22(24)25/h9-12,14-17,32H,4-8,23H2,1-3H3,(H,26,28)(H,29,35)(H,30,34)(H,31,33)(H,36,37)(H4,24,25,27). The van der Waals surface area contributed by atoms with Crippen LogP contribution < -0.4 is 33.2 Å². The summed E-state index contributed by atoms with van der Waals surface area (Å²) < 4.78 is 0. The lowest BCUT2D eigenvalue weighted by molar-refractivity contribution is -0.143. The summed E-state index contributed by atoms with van der Waals surface area (Å²) in [7, 11) is 0. The number of nitrogens with zero attached hydrogens (tertiary/aromatic N) is 2. The smallest absolute Gasteiger partial charge is 0.326 e. The second-order valence-electron chi connectivity index (χ2n) is 9.15. The number of aromatic amines is 1. The van der Waals surface area contributed by atoms with Crippen LogP contribution in [0.4, 0.5) is 0 Å². The van der Waals surface area contributed by atoms with Crippen LogP contribution in [0, 0.1) is 5.92 Å². The summed E-state index contributed by atoms with van der Waals surface area (Å²) in [6.07, 6.45) is 2.26. The molecule has 0 aliphatic rings. The number of nitrogens with one attached hydrogen (secondary N) is 4. The maximum atomic E-state index is 13.0. The summed E-state index contributed by atoms with van der Waals surface area (Å²) in [6.45, 7) is 5.19. The van der Waals surface area contributed by atoms with E-state index in [1.165, 1.54) is 19.4 Å². The average Bonchev–Trinajstić information content (AvgIpc) is 3.31. The summed E-state index contributed by atoms with van der Waals surface area (Å²) in [5.41, 5.74) is 16.9. The van der Waals surface area contributed by atoms with E-state index in [-0.39, 0.29) is 37.7 Å². The van der Waals surface area contributed by atoms with Crippen LogP contribution in [-0.4, -0.2) is 86.6 Å². The molecule has 0 saturated heterocycles. The number of imidazole rings is 1. The fourth-order valence-electron chi connectivity index (χ4n) is 3.37. The number of rotatable bonds is 16. The first kappa shape index (κ1) is 31.3. The molecule has 5 unspecified atom stereocenters. The van der Waals surface area contributed by atoms with Gasteiger partial charge in [0.05, 0.1) is 18.5 Å². The molecule has 5 atom stereocenters.